The topological polar surface area (TPSA) is 125 Å². The van der Waals surface area contributed by atoms with Crippen molar-refractivity contribution in [1.29, 1.82) is 0 Å². The van der Waals surface area contributed by atoms with E-state index in [4.69, 9.17) is 5.11 Å². The van der Waals surface area contributed by atoms with Gasteiger partial charge in [-0.2, -0.15) is 0 Å². The SMILES string of the molecule is CC(C)C[C@H](NC(=O)CNC(=O)C1CCN(c2cnccn2)CC1)C(=O)O. The zero-order valence-electron chi connectivity index (χ0n) is 15.7. The number of hydrogen-bond acceptors (Lipinski definition) is 6. The maximum absolute atomic E-state index is 12.3. The van der Waals surface area contributed by atoms with Crippen molar-refractivity contribution in [3.63, 3.8) is 0 Å². The van der Waals surface area contributed by atoms with Gasteiger partial charge in [0, 0.05) is 31.4 Å². The number of nitrogens with one attached hydrogen (secondary N) is 2. The van der Waals surface area contributed by atoms with Gasteiger partial charge in [-0.15, -0.1) is 0 Å². The summed E-state index contributed by atoms with van der Waals surface area (Å²) < 4.78 is 0. The van der Waals surface area contributed by atoms with Gasteiger partial charge in [-0.25, -0.2) is 9.78 Å². The molecule has 3 N–H and O–H groups in total. The van der Waals surface area contributed by atoms with Gasteiger partial charge >= 0.3 is 5.97 Å². The second kappa shape index (κ2) is 9.84. The zero-order chi connectivity index (χ0) is 19.8. The molecule has 1 atom stereocenters. The number of carbonyl (C=O) groups excluding carboxylic acids is 2. The van der Waals surface area contributed by atoms with E-state index in [0.717, 1.165) is 5.82 Å². The molecule has 0 bridgehead atoms. The molecule has 9 heteroatoms. The van der Waals surface area contributed by atoms with E-state index in [1.807, 2.05) is 13.8 Å². The quantitative estimate of drug-likeness (QED) is 0.600. The number of rotatable bonds is 8. The molecule has 2 amide bonds. The fourth-order valence-electron chi connectivity index (χ4n) is 3.08. The Hall–Kier alpha value is -2.71. The lowest BCUT2D eigenvalue weighted by Gasteiger charge is -2.31. The van der Waals surface area contributed by atoms with E-state index in [1.54, 1.807) is 18.6 Å². The van der Waals surface area contributed by atoms with E-state index in [-0.39, 0.29) is 24.3 Å². The van der Waals surface area contributed by atoms with Crippen molar-refractivity contribution in [2.24, 2.45) is 11.8 Å². The molecule has 0 spiro atoms. The molecule has 1 aliphatic rings. The number of hydrogen-bond donors (Lipinski definition) is 3. The van der Waals surface area contributed by atoms with Crippen molar-refractivity contribution >= 4 is 23.6 Å². The maximum Gasteiger partial charge on any atom is 0.326 e. The number of nitrogens with zero attached hydrogens (tertiary/aromatic N) is 3. The second-order valence-corrected chi connectivity index (χ2v) is 7.13. The fraction of sp³-hybridized carbons (Fsp3) is 0.611. The third-order valence-electron chi connectivity index (χ3n) is 4.50. The summed E-state index contributed by atoms with van der Waals surface area (Å²) in [7, 11) is 0. The molecule has 0 aliphatic carbocycles. The Morgan fingerprint density at radius 2 is 1.96 bits per heavy atom. The number of amides is 2. The van der Waals surface area contributed by atoms with Crippen LogP contribution in [0.3, 0.4) is 0 Å². The predicted octanol–water partition coefficient (Wildman–Crippen LogP) is 0.425. The highest BCUT2D eigenvalue weighted by molar-refractivity contribution is 5.88. The van der Waals surface area contributed by atoms with Crippen molar-refractivity contribution in [3.8, 4) is 0 Å². The smallest absolute Gasteiger partial charge is 0.326 e. The average molecular weight is 377 g/mol. The first-order valence-corrected chi connectivity index (χ1v) is 9.17. The van der Waals surface area contributed by atoms with Crippen LogP contribution in [-0.4, -0.2) is 58.5 Å². The van der Waals surface area contributed by atoms with Gasteiger partial charge in [-0.3, -0.25) is 14.6 Å². The van der Waals surface area contributed by atoms with Gasteiger partial charge in [0.1, 0.15) is 11.9 Å². The minimum Gasteiger partial charge on any atom is -0.480 e. The van der Waals surface area contributed by atoms with E-state index >= 15 is 0 Å². The van der Waals surface area contributed by atoms with Gasteiger partial charge in [0.05, 0.1) is 12.7 Å². The third kappa shape index (κ3) is 6.50. The van der Waals surface area contributed by atoms with Gasteiger partial charge in [0.15, 0.2) is 0 Å². The molecule has 27 heavy (non-hydrogen) atoms. The first kappa shape index (κ1) is 20.6. The number of aromatic nitrogens is 2. The van der Waals surface area contributed by atoms with Crippen LogP contribution in [0.1, 0.15) is 33.1 Å². The molecule has 0 aromatic carbocycles. The lowest BCUT2D eigenvalue weighted by Crippen LogP contribution is -2.47. The summed E-state index contributed by atoms with van der Waals surface area (Å²) in [6, 6.07) is -0.940. The predicted molar refractivity (Wildman–Crippen MR) is 99.0 cm³/mol. The molecule has 0 saturated carbocycles. The van der Waals surface area contributed by atoms with Crippen LogP contribution in [0.4, 0.5) is 5.82 Å². The van der Waals surface area contributed by atoms with E-state index in [1.165, 1.54) is 0 Å². The number of aliphatic carboxylic acids is 1. The Morgan fingerprint density at radius 1 is 1.26 bits per heavy atom. The average Bonchev–Trinajstić information content (AvgIpc) is 2.66. The van der Waals surface area contributed by atoms with Crippen molar-refractivity contribution in [2.45, 2.75) is 39.2 Å². The highest BCUT2D eigenvalue weighted by Gasteiger charge is 2.26. The van der Waals surface area contributed by atoms with E-state index < -0.39 is 17.9 Å². The molecular weight excluding hydrogens is 350 g/mol. The Labute approximate surface area is 158 Å². The molecule has 1 aromatic heterocycles. The molecule has 1 fully saturated rings. The summed E-state index contributed by atoms with van der Waals surface area (Å²) in [5, 5.41) is 14.2. The van der Waals surface area contributed by atoms with Gasteiger partial charge in [-0.05, 0) is 25.2 Å². The molecule has 148 valence electrons. The van der Waals surface area contributed by atoms with Crippen LogP contribution < -0.4 is 15.5 Å². The molecule has 2 rings (SSSR count). The molecule has 1 aromatic rings. The first-order chi connectivity index (χ1) is 12.9. The Bertz CT molecular complexity index is 644. The van der Waals surface area contributed by atoms with Gasteiger partial charge in [-0.1, -0.05) is 13.8 Å². The summed E-state index contributed by atoms with van der Waals surface area (Å²) in [4.78, 5) is 45.8. The van der Waals surface area contributed by atoms with Crippen molar-refractivity contribution in [2.75, 3.05) is 24.5 Å². The summed E-state index contributed by atoms with van der Waals surface area (Å²) in [5.41, 5.74) is 0. The van der Waals surface area contributed by atoms with Crippen LogP contribution in [-0.2, 0) is 14.4 Å². The van der Waals surface area contributed by atoms with Gasteiger partial charge in [0.2, 0.25) is 11.8 Å². The highest BCUT2D eigenvalue weighted by Crippen LogP contribution is 2.21. The van der Waals surface area contributed by atoms with E-state index in [2.05, 4.69) is 25.5 Å². The van der Waals surface area contributed by atoms with Crippen LogP contribution in [0.25, 0.3) is 0 Å². The molecular formula is C18H27N5O4. The number of anilines is 1. The molecule has 0 radical (unpaired) electrons. The zero-order valence-corrected chi connectivity index (χ0v) is 15.7. The fourth-order valence-corrected chi connectivity index (χ4v) is 3.08. The number of carboxylic acids is 1. The third-order valence-corrected chi connectivity index (χ3v) is 4.50. The lowest BCUT2D eigenvalue weighted by atomic mass is 9.96. The monoisotopic (exact) mass is 377 g/mol. The molecule has 1 saturated heterocycles. The molecule has 9 nitrogen and oxygen atoms in total. The summed E-state index contributed by atoms with van der Waals surface area (Å²) >= 11 is 0. The molecule has 0 unspecified atom stereocenters. The van der Waals surface area contributed by atoms with E-state index in [0.29, 0.717) is 32.4 Å². The summed E-state index contributed by atoms with van der Waals surface area (Å²) in [6.07, 6.45) is 6.61. The summed E-state index contributed by atoms with van der Waals surface area (Å²) in [6.45, 7) is 4.94. The minimum atomic E-state index is -1.07. The van der Waals surface area contributed by atoms with E-state index in [9.17, 15) is 14.4 Å². The Kier molecular flexibility index (Phi) is 7.51. The minimum absolute atomic E-state index is 0.139. The standard InChI is InChI=1S/C18H27N5O4/c1-12(2)9-14(18(26)27)22-16(24)11-21-17(25)13-3-7-23(8-4-13)15-10-19-5-6-20-15/h5-6,10,12-14H,3-4,7-9,11H2,1-2H3,(H,21,25)(H,22,24)(H,26,27)/t14-/m0/s1. The van der Waals surface area contributed by atoms with Gasteiger partial charge < -0.3 is 20.6 Å². The molecule has 1 aliphatic heterocycles. The Balaban J connectivity index is 1.74. The normalized spacial score (nSPS) is 16.0. The number of carboxylic acid groups (broad SMARTS) is 1. The number of carbonyl (C=O) groups is 3. The largest absolute Gasteiger partial charge is 0.480 e. The Morgan fingerprint density at radius 3 is 2.52 bits per heavy atom. The van der Waals surface area contributed by atoms with Crippen molar-refractivity contribution in [1.82, 2.24) is 20.6 Å². The van der Waals surface area contributed by atoms with Crippen LogP contribution in [0.15, 0.2) is 18.6 Å². The van der Waals surface area contributed by atoms with Crippen molar-refractivity contribution in [3.05, 3.63) is 18.6 Å². The highest BCUT2D eigenvalue weighted by atomic mass is 16.4. The maximum atomic E-state index is 12.3. The lowest BCUT2D eigenvalue weighted by molar-refractivity contribution is -0.142. The second-order valence-electron chi connectivity index (χ2n) is 7.13. The van der Waals surface area contributed by atoms with Crippen LogP contribution >= 0.6 is 0 Å². The summed E-state index contributed by atoms with van der Waals surface area (Å²) in [5.74, 6) is -0.981. The van der Waals surface area contributed by atoms with Crippen LogP contribution in [0.5, 0.6) is 0 Å². The molecule has 2 heterocycles. The van der Waals surface area contributed by atoms with Gasteiger partial charge in [0.25, 0.3) is 0 Å². The number of piperidine rings is 1. The first-order valence-electron chi connectivity index (χ1n) is 9.17. The van der Waals surface area contributed by atoms with Crippen LogP contribution in [0, 0.1) is 11.8 Å². The van der Waals surface area contributed by atoms with Crippen molar-refractivity contribution < 1.29 is 19.5 Å². The van der Waals surface area contributed by atoms with Crippen LogP contribution in [0.2, 0.25) is 0 Å².